The van der Waals surface area contributed by atoms with Gasteiger partial charge in [0.05, 0.1) is 11.0 Å². The highest BCUT2D eigenvalue weighted by Gasteiger charge is 2.17. The Morgan fingerprint density at radius 2 is 1.86 bits per heavy atom. The van der Waals surface area contributed by atoms with Crippen LogP contribution in [-0.4, -0.2) is 11.0 Å². The second kappa shape index (κ2) is 6.13. The molecular weight excluding hydrogens is 272 g/mol. The first kappa shape index (κ1) is 14.6. The molecule has 0 aliphatic rings. The van der Waals surface area contributed by atoms with E-state index in [1.54, 1.807) is 38.1 Å². The molecule has 2 aromatic rings. The van der Waals surface area contributed by atoms with E-state index in [4.69, 9.17) is 15.2 Å². The van der Waals surface area contributed by atoms with Crippen molar-refractivity contribution in [1.29, 1.82) is 0 Å². The van der Waals surface area contributed by atoms with Crippen LogP contribution >= 0.6 is 0 Å². The number of nitrogen functional groups attached to an aromatic ring is 1. The van der Waals surface area contributed by atoms with Gasteiger partial charge in [-0.15, -0.1) is 0 Å². The maximum absolute atomic E-state index is 11.0. The van der Waals surface area contributed by atoms with Gasteiger partial charge in [-0.2, -0.15) is 0 Å². The van der Waals surface area contributed by atoms with E-state index in [-0.39, 0.29) is 17.5 Å². The van der Waals surface area contributed by atoms with Crippen LogP contribution in [0.15, 0.2) is 42.5 Å². The highest BCUT2D eigenvalue weighted by molar-refractivity contribution is 5.52. The number of ether oxygens (including phenoxy) is 2. The van der Waals surface area contributed by atoms with E-state index in [1.165, 1.54) is 18.2 Å². The summed E-state index contributed by atoms with van der Waals surface area (Å²) in [7, 11) is 0. The van der Waals surface area contributed by atoms with Crippen LogP contribution in [0.5, 0.6) is 17.2 Å². The zero-order valence-corrected chi connectivity index (χ0v) is 11.8. The summed E-state index contributed by atoms with van der Waals surface area (Å²) >= 11 is 0. The minimum absolute atomic E-state index is 0.0939. The highest BCUT2D eigenvalue weighted by atomic mass is 16.6. The number of benzene rings is 2. The van der Waals surface area contributed by atoms with Crippen molar-refractivity contribution in [2.75, 3.05) is 5.73 Å². The summed E-state index contributed by atoms with van der Waals surface area (Å²) < 4.78 is 11.1. The van der Waals surface area contributed by atoms with E-state index in [1.807, 2.05) is 0 Å². The van der Waals surface area contributed by atoms with Gasteiger partial charge in [0.1, 0.15) is 11.5 Å². The summed E-state index contributed by atoms with van der Waals surface area (Å²) in [6.07, 6.45) is -0.175. The van der Waals surface area contributed by atoms with Crippen molar-refractivity contribution in [2.24, 2.45) is 0 Å². The molecule has 0 saturated heterocycles. The fourth-order valence-corrected chi connectivity index (χ4v) is 1.77. The molecule has 110 valence electrons. The maximum atomic E-state index is 11.0. The molecule has 21 heavy (non-hydrogen) atoms. The third-order valence-electron chi connectivity index (χ3n) is 2.58. The van der Waals surface area contributed by atoms with Gasteiger partial charge in [0.15, 0.2) is 0 Å². The Morgan fingerprint density at radius 3 is 2.48 bits per heavy atom. The first-order chi connectivity index (χ1) is 9.95. The zero-order chi connectivity index (χ0) is 15.4. The number of hydrogen-bond donors (Lipinski definition) is 1. The summed E-state index contributed by atoms with van der Waals surface area (Å²) in [6, 6.07) is 11.3. The van der Waals surface area contributed by atoms with Gasteiger partial charge >= 0.3 is 5.69 Å². The molecule has 0 amide bonds. The molecule has 0 fully saturated rings. The molecule has 0 heterocycles. The summed E-state index contributed by atoms with van der Waals surface area (Å²) in [5, 5.41) is 11.0. The third kappa shape index (κ3) is 3.85. The number of nitro groups is 1. The third-order valence-corrected chi connectivity index (χ3v) is 2.58. The molecule has 2 rings (SSSR count). The Morgan fingerprint density at radius 1 is 1.14 bits per heavy atom. The van der Waals surface area contributed by atoms with Gasteiger partial charge in [-0.05, 0) is 32.0 Å². The Labute approximate surface area is 122 Å². The van der Waals surface area contributed by atoms with E-state index < -0.39 is 4.92 Å². The van der Waals surface area contributed by atoms with Gasteiger partial charge in [0, 0.05) is 23.9 Å². The average molecular weight is 288 g/mol. The minimum atomic E-state index is -0.484. The summed E-state index contributed by atoms with van der Waals surface area (Å²) in [6.45, 7) is 3.60. The second-order valence-corrected chi connectivity index (χ2v) is 4.73. The monoisotopic (exact) mass is 288 g/mol. The number of nitrogens with two attached hydrogens (primary N) is 1. The average Bonchev–Trinajstić information content (AvgIpc) is 2.37. The molecule has 0 saturated carbocycles. The number of anilines is 1. The SMILES string of the molecule is CC(C)Oc1cc(Oc2cccc(N)c2)ccc1[N+](=O)[O-]. The van der Waals surface area contributed by atoms with Crippen molar-refractivity contribution in [3.8, 4) is 17.2 Å². The summed E-state index contributed by atoms with van der Waals surface area (Å²) in [4.78, 5) is 10.5. The number of hydrogen-bond acceptors (Lipinski definition) is 5. The predicted molar refractivity (Wildman–Crippen MR) is 79.8 cm³/mol. The van der Waals surface area contributed by atoms with Crippen LogP contribution in [0.3, 0.4) is 0 Å². The van der Waals surface area contributed by atoms with Gasteiger partial charge in [0.2, 0.25) is 5.75 Å². The first-order valence-corrected chi connectivity index (χ1v) is 6.44. The van der Waals surface area contributed by atoms with Crippen molar-refractivity contribution in [3.63, 3.8) is 0 Å². The van der Waals surface area contributed by atoms with Crippen molar-refractivity contribution < 1.29 is 14.4 Å². The van der Waals surface area contributed by atoms with Crippen LogP contribution in [0.2, 0.25) is 0 Å². The van der Waals surface area contributed by atoms with Crippen molar-refractivity contribution in [3.05, 3.63) is 52.6 Å². The molecule has 0 bridgehead atoms. The zero-order valence-electron chi connectivity index (χ0n) is 11.8. The van der Waals surface area contributed by atoms with Crippen molar-refractivity contribution in [2.45, 2.75) is 20.0 Å². The molecule has 0 aliphatic heterocycles. The van der Waals surface area contributed by atoms with Crippen LogP contribution in [0.25, 0.3) is 0 Å². The van der Waals surface area contributed by atoms with Crippen molar-refractivity contribution >= 4 is 11.4 Å². The lowest BCUT2D eigenvalue weighted by Gasteiger charge is -2.12. The molecule has 6 nitrogen and oxygen atoms in total. The summed E-state index contributed by atoms with van der Waals surface area (Å²) in [5.74, 6) is 1.18. The van der Waals surface area contributed by atoms with Gasteiger partial charge < -0.3 is 15.2 Å². The van der Waals surface area contributed by atoms with Crippen LogP contribution in [0.1, 0.15) is 13.8 Å². The smallest absolute Gasteiger partial charge is 0.311 e. The van der Waals surface area contributed by atoms with E-state index in [9.17, 15) is 10.1 Å². The lowest BCUT2D eigenvalue weighted by molar-refractivity contribution is -0.386. The molecule has 0 radical (unpaired) electrons. The quantitative estimate of drug-likeness (QED) is 0.514. The van der Waals surface area contributed by atoms with E-state index in [2.05, 4.69) is 0 Å². The molecule has 0 unspecified atom stereocenters. The first-order valence-electron chi connectivity index (χ1n) is 6.44. The second-order valence-electron chi connectivity index (χ2n) is 4.73. The highest BCUT2D eigenvalue weighted by Crippen LogP contribution is 2.34. The van der Waals surface area contributed by atoms with Crippen LogP contribution in [0.4, 0.5) is 11.4 Å². The molecule has 0 aliphatic carbocycles. The Hall–Kier alpha value is -2.76. The topological polar surface area (TPSA) is 87.6 Å². The lowest BCUT2D eigenvalue weighted by Crippen LogP contribution is -2.07. The Kier molecular flexibility index (Phi) is 4.27. The van der Waals surface area contributed by atoms with Gasteiger partial charge in [-0.3, -0.25) is 10.1 Å². The number of nitro benzene ring substituents is 1. The summed E-state index contributed by atoms with van der Waals surface area (Å²) in [5.41, 5.74) is 6.16. The Bertz CT molecular complexity index is 656. The maximum Gasteiger partial charge on any atom is 0.311 e. The van der Waals surface area contributed by atoms with Gasteiger partial charge in [-0.25, -0.2) is 0 Å². The van der Waals surface area contributed by atoms with E-state index >= 15 is 0 Å². The molecule has 0 aromatic heterocycles. The van der Waals surface area contributed by atoms with Gasteiger partial charge in [0.25, 0.3) is 0 Å². The Balaban J connectivity index is 2.30. The normalized spacial score (nSPS) is 10.4. The van der Waals surface area contributed by atoms with Crippen LogP contribution in [0, 0.1) is 10.1 Å². The molecule has 2 aromatic carbocycles. The largest absolute Gasteiger partial charge is 0.484 e. The minimum Gasteiger partial charge on any atom is -0.484 e. The fraction of sp³-hybridized carbons (Fsp3) is 0.200. The molecule has 0 atom stereocenters. The van der Waals surface area contributed by atoms with Crippen molar-refractivity contribution in [1.82, 2.24) is 0 Å². The standard InChI is InChI=1S/C15H16N2O4/c1-10(2)20-15-9-13(6-7-14(15)17(18)19)21-12-5-3-4-11(16)8-12/h3-10H,16H2,1-2H3. The fourth-order valence-electron chi connectivity index (χ4n) is 1.77. The van der Waals surface area contributed by atoms with E-state index in [0.29, 0.717) is 17.2 Å². The molecule has 2 N–H and O–H groups in total. The molecule has 0 spiro atoms. The van der Waals surface area contributed by atoms with Crippen LogP contribution < -0.4 is 15.2 Å². The lowest BCUT2D eigenvalue weighted by atomic mass is 10.2. The van der Waals surface area contributed by atoms with E-state index in [0.717, 1.165) is 0 Å². The van der Waals surface area contributed by atoms with Gasteiger partial charge in [-0.1, -0.05) is 6.07 Å². The number of nitrogens with zero attached hydrogens (tertiary/aromatic N) is 1. The molecular formula is C15H16N2O4. The molecule has 6 heteroatoms. The van der Waals surface area contributed by atoms with Crippen LogP contribution in [-0.2, 0) is 0 Å². The predicted octanol–water partition coefficient (Wildman–Crippen LogP) is 3.76. The number of rotatable bonds is 5.